The Morgan fingerprint density at radius 2 is 1.95 bits per heavy atom. The van der Waals surface area contributed by atoms with Crippen molar-refractivity contribution < 1.29 is 14.3 Å². The largest absolute Gasteiger partial charge is 0.477 e. The van der Waals surface area contributed by atoms with E-state index in [9.17, 15) is 14.3 Å². The van der Waals surface area contributed by atoms with Crippen LogP contribution in [0.1, 0.15) is 35.1 Å². The molecular formula is C14H15FN2O2S. The number of hydrogen-bond donors (Lipinski definition) is 1. The van der Waals surface area contributed by atoms with E-state index in [-0.39, 0.29) is 16.6 Å². The molecule has 1 heterocycles. The Bertz CT molecular complexity index is 623. The normalized spacial score (nSPS) is 10.8. The van der Waals surface area contributed by atoms with Crippen LogP contribution >= 0.6 is 11.3 Å². The lowest BCUT2D eigenvalue weighted by molar-refractivity contribution is 0.0700. The molecule has 0 saturated heterocycles. The van der Waals surface area contributed by atoms with E-state index >= 15 is 0 Å². The number of anilines is 2. The van der Waals surface area contributed by atoms with Crippen molar-refractivity contribution in [1.29, 1.82) is 0 Å². The molecule has 1 aromatic heterocycles. The number of halogens is 1. The molecule has 6 heteroatoms. The van der Waals surface area contributed by atoms with Gasteiger partial charge in [0.15, 0.2) is 5.13 Å². The Hall–Kier alpha value is -1.95. The molecule has 2 aromatic rings. The van der Waals surface area contributed by atoms with Gasteiger partial charge in [0, 0.05) is 12.7 Å². The lowest BCUT2D eigenvalue weighted by Crippen LogP contribution is -2.09. The zero-order valence-corrected chi connectivity index (χ0v) is 12.2. The van der Waals surface area contributed by atoms with Crippen LogP contribution in [0.3, 0.4) is 0 Å². The van der Waals surface area contributed by atoms with Crippen molar-refractivity contribution in [3.63, 3.8) is 0 Å². The maximum atomic E-state index is 12.9. The molecule has 106 valence electrons. The number of benzene rings is 1. The zero-order valence-electron chi connectivity index (χ0n) is 11.4. The summed E-state index contributed by atoms with van der Waals surface area (Å²) in [6.45, 7) is 3.81. The van der Waals surface area contributed by atoms with Gasteiger partial charge in [0.25, 0.3) is 0 Å². The average Bonchev–Trinajstić information content (AvgIpc) is 2.84. The first kappa shape index (κ1) is 14.5. The summed E-state index contributed by atoms with van der Waals surface area (Å²) in [5, 5.41) is 9.80. The maximum absolute atomic E-state index is 12.9. The average molecular weight is 294 g/mol. The zero-order chi connectivity index (χ0) is 14.9. The predicted octanol–water partition coefficient (Wildman–Crippen LogP) is 3.87. The van der Waals surface area contributed by atoms with Gasteiger partial charge in [-0.05, 0) is 30.2 Å². The van der Waals surface area contributed by atoms with E-state index in [4.69, 9.17) is 0 Å². The molecule has 2 rings (SSSR count). The van der Waals surface area contributed by atoms with Crippen LogP contribution in [0, 0.1) is 5.82 Å². The van der Waals surface area contributed by atoms with E-state index in [2.05, 4.69) is 4.98 Å². The third-order valence-corrected chi connectivity index (χ3v) is 4.02. The van der Waals surface area contributed by atoms with Crippen LogP contribution in [0.4, 0.5) is 15.2 Å². The highest BCUT2D eigenvalue weighted by Crippen LogP contribution is 2.33. The minimum Gasteiger partial charge on any atom is -0.477 e. The van der Waals surface area contributed by atoms with Crippen LogP contribution in [-0.4, -0.2) is 23.1 Å². The number of thiazole rings is 1. The van der Waals surface area contributed by atoms with Crippen LogP contribution in [-0.2, 0) is 0 Å². The summed E-state index contributed by atoms with van der Waals surface area (Å²) in [5.74, 6) is -1.24. The van der Waals surface area contributed by atoms with Gasteiger partial charge in [-0.2, -0.15) is 0 Å². The topological polar surface area (TPSA) is 53.4 Å². The predicted molar refractivity (Wildman–Crippen MR) is 77.6 cm³/mol. The van der Waals surface area contributed by atoms with Crippen LogP contribution in [0.5, 0.6) is 0 Å². The molecule has 0 atom stereocenters. The first-order valence-electron chi connectivity index (χ1n) is 6.13. The van der Waals surface area contributed by atoms with Crippen LogP contribution in [0.2, 0.25) is 0 Å². The van der Waals surface area contributed by atoms with E-state index in [0.29, 0.717) is 10.8 Å². The summed E-state index contributed by atoms with van der Waals surface area (Å²) < 4.78 is 12.9. The summed E-state index contributed by atoms with van der Waals surface area (Å²) in [5.41, 5.74) is 1.33. The molecule has 4 nitrogen and oxygen atoms in total. The van der Waals surface area contributed by atoms with Crippen molar-refractivity contribution in [2.45, 2.75) is 19.8 Å². The highest BCUT2D eigenvalue weighted by molar-refractivity contribution is 7.17. The Kier molecular flexibility index (Phi) is 4.04. The summed E-state index contributed by atoms with van der Waals surface area (Å²) in [6, 6.07) is 5.99. The van der Waals surface area contributed by atoms with Crippen molar-refractivity contribution in [3.8, 4) is 0 Å². The molecule has 0 aliphatic rings. The highest BCUT2D eigenvalue weighted by atomic mass is 32.1. The van der Waals surface area contributed by atoms with Crippen molar-refractivity contribution in [3.05, 3.63) is 40.7 Å². The number of nitrogens with zero attached hydrogens (tertiary/aromatic N) is 2. The Balaban J connectivity index is 2.40. The molecule has 0 amide bonds. The standard InChI is InChI=1S/C14H15FN2O2S/c1-8(2)11-12(13(18)19)20-14(16-11)17(3)10-6-4-9(15)5-7-10/h4-8H,1-3H3,(H,18,19). The van der Waals surface area contributed by atoms with Crippen molar-refractivity contribution in [2.75, 3.05) is 11.9 Å². The fraction of sp³-hybridized carbons (Fsp3) is 0.286. The van der Waals surface area contributed by atoms with E-state index in [1.807, 2.05) is 13.8 Å². The number of aromatic carboxylic acids is 1. The SMILES string of the molecule is CC(C)c1nc(N(C)c2ccc(F)cc2)sc1C(=O)O. The second-order valence-electron chi connectivity index (χ2n) is 4.71. The quantitative estimate of drug-likeness (QED) is 0.930. The van der Waals surface area contributed by atoms with Gasteiger partial charge in [-0.25, -0.2) is 14.2 Å². The number of hydrogen-bond acceptors (Lipinski definition) is 4. The summed E-state index contributed by atoms with van der Waals surface area (Å²) in [7, 11) is 1.78. The van der Waals surface area contributed by atoms with E-state index < -0.39 is 5.97 Å². The van der Waals surface area contributed by atoms with Gasteiger partial charge in [0.2, 0.25) is 0 Å². The third kappa shape index (κ3) is 2.80. The number of rotatable bonds is 4. The molecule has 0 unspecified atom stereocenters. The Morgan fingerprint density at radius 3 is 2.40 bits per heavy atom. The monoisotopic (exact) mass is 294 g/mol. The molecule has 20 heavy (non-hydrogen) atoms. The highest BCUT2D eigenvalue weighted by Gasteiger charge is 2.21. The minimum absolute atomic E-state index is 0.0349. The molecule has 1 N–H and O–H groups in total. The van der Waals surface area contributed by atoms with Crippen LogP contribution in [0.25, 0.3) is 0 Å². The van der Waals surface area contributed by atoms with Crippen LogP contribution in [0.15, 0.2) is 24.3 Å². The third-order valence-electron chi connectivity index (χ3n) is 2.88. The first-order valence-corrected chi connectivity index (χ1v) is 6.95. The molecule has 0 spiro atoms. The molecule has 0 bridgehead atoms. The summed E-state index contributed by atoms with van der Waals surface area (Å²) in [4.78, 5) is 17.7. The number of carboxylic acid groups (broad SMARTS) is 1. The molecule has 1 aromatic carbocycles. The van der Waals surface area contributed by atoms with E-state index in [1.165, 1.54) is 12.1 Å². The van der Waals surface area contributed by atoms with E-state index in [0.717, 1.165) is 17.0 Å². The molecule has 0 saturated carbocycles. The Labute approximate surface area is 120 Å². The molecule has 0 radical (unpaired) electrons. The van der Waals surface area contributed by atoms with Gasteiger partial charge in [0.1, 0.15) is 10.7 Å². The van der Waals surface area contributed by atoms with Crippen molar-refractivity contribution in [2.24, 2.45) is 0 Å². The fourth-order valence-electron chi connectivity index (χ4n) is 1.78. The lowest BCUT2D eigenvalue weighted by atomic mass is 10.1. The molecular weight excluding hydrogens is 279 g/mol. The first-order chi connectivity index (χ1) is 9.40. The van der Waals surface area contributed by atoms with Crippen molar-refractivity contribution >= 4 is 28.1 Å². The Morgan fingerprint density at radius 1 is 1.35 bits per heavy atom. The second kappa shape index (κ2) is 5.58. The van der Waals surface area contributed by atoms with Gasteiger partial charge in [-0.3, -0.25) is 0 Å². The van der Waals surface area contributed by atoms with Gasteiger partial charge >= 0.3 is 5.97 Å². The number of carboxylic acids is 1. The number of carbonyl (C=O) groups is 1. The van der Waals surface area contributed by atoms with Gasteiger partial charge in [-0.1, -0.05) is 25.2 Å². The number of aromatic nitrogens is 1. The van der Waals surface area contributed by atoms with Crippen LogP contribution < -0.4 is 4.90 Å². The summed E-state index contributed by atoms with van der Waals surface area (Å²) in [6.07, 6.45) is 0. The molecule has 0 aliphatic carbocycles. The fourth-order valence-corrected chi connectivity index (χ4v) is 2.83. The van der Waals surface area contributed by atoms with Crippen molar-refractivity contribution in [1.82, 2.24) is 4.98 Å². The molecule has 0 fully saturated rings. The second-order valence-corrected chi connectivity index (χ2v) is 5.68. The minimum atomic E-state index is -0.968. The maximum Gasteiger partial charge on any atom is 0.347 e. The van der Waals surface area contributed by atoms with Gasteiger partial charge < -0.3 is 10.0 Å². The lowest BCUT2D eigenvalue weighted by Gasteiger charge is -2.15. The smallest absolute Gasteiger partial charge is 0.347 e. The van der Waals surface area contributed by atoms with E-state index in [1.54, 1.807) is 24.1 Å². The van der Waals surface area contributed by atoms with Gasteiger partial charge in [0.05, 0.1) is 5.69 Å². The molecule has 0 aliphatic heterocycles. The summed E-state index contributed by atoms with van der Waals surface area (Å²) >= 11 is 1.12. The van der Waals surface area contributed by atoms with Gasteiger partial charge in [-0.15, -0.1) is 0 Å².